The summed E-state index contributed by atoms with van der Waals surface area (Å²) < 4.78 is 0. The summed E-state index contributed by atoms with van der Waals surface area (Å²) in [5.41, 5.74) is 0.564. The predicted molar refractivity (Wildman–Crippen MR) is 131 cm³/mol. The molecule has 0 spiro atoms. The lowest BCUT2D eigenvalue weighted by Gasteiger charge is -2.27. The van der Waals surface area contributed by atoms with Gasteiger partial charge in [-0.2, -0.15) is 0 Å². The van der Waals surface area contributed by atoms with E-state index < -0.39 is 0 Å². The van der Waals surface area contributed by atoms with Crippen LogP contribution in [-0.2, 0) is 0 Å². The van der Waals surface area contributed by atoms with Crippen molar-refractivity contribution in [3.05, 3.63) is 0 Å². The molecule has 0 aliphatic carbocycles. The molecule has 1 atom stereocenters. The van der Waals surface area contributed by atoms with Gasteiger partial charge in [-0.25, -0.2) is 0 Å². The zero-order chi connectivity index (χ0) is 20.9. The lowest BCUT2D eigenvalue weighted by molar-refractivity contribution is 0.253. The average Bonchev–Trinajstić information content (AvgIpc) is 2.68. The van der Waals surface area contributed by atoms with E-state index in [4.69, 9.17) is 0 Å². The number of hydrogen-bond acceptors (Lipinski definition) is 0. The lowest BCUT2D eigenvalue weighted by atomic mass is 9.79. The topological polar surface area (TPSA) is 0 Å². The van der Waals surface area contributed by atoms with Crippen LogP contribution < -0.4 is 0 Å². The number of unbranched alkanes of at least 4 members (excludes halogenated alkanes) is 14. The van der Waals surface area contributed by atoms with Gasteiger partial charge in [0.05, 0.1) is 0 Å². The van der Waals surface area contributed by atoms with E-state index in [0.717, 1.165) is 5.92 Å². The molecule has 0 saturated carbocycles. The normalized spacial score (nSPS) is 13.2. The molecule has 28 heavy (non-hydrogen) atoms. The van der Waals surface area contributed by atoms with Gasteiger partial charge in [0.25, 0.3) is 0 Å². The third-order valence-electron chi connectivity index (χ3n) is 6.98. The molecule has 0 fully saturated rings. The maximum Gasteiger partial charge on any atom is -0.0354 e. The highest BCUT2D eigenvalue weighted by molar-refractivity contribution is 4.71. The minimum absolute atomic E-state index is 0.564. The van der Waals surface area contributed by atoms with Gasteiger partial charge < -0.3 is 0 Å². The fraction of sp³-hybridized carbons (Fsp3) is 1.00. The molecule has 0 saturated heterocycles. The Morgan fingerprint density at radius 2 is 0.893 bits per heavy atom. The summed E-state index contributed by atoms with van der Waals surface area (Å²) in [6, 6.07) is 0. The van der Waals surface area contributed by atoms with E-state index in [9.17, 15) is 0 Å². The van der Waals surface area contributed by atoms with Crippen molar-refractivity contribution < 1.29 is 0 Å². The molecule has 0 aromatic heterocycles. The number of rotatable bonds is 22. The fourth-order valence-corrected chi connectivity index (χ4v) is 4.58. The van der Waals surface area contributed by atoms with E-state index in [1.807, 2.05) is 0 Å². The largest absolute Gasteiger partial charge is 0.0654 e. The molecule has 0 heterocycles. The first-order valence-electron chi connectivity index (χ1n) is 13.6. The highest BCUT2D eigenvalue weighted by atomic mass is 14.2. The Bertz CT molecular complexity index is 290. The van der Waals surface area contributed by atoms with Gasteiger partial charge in [0.15, 0.2) is 0 Å². The van der Waals surface area contributed by atoms with Crippen molar-refractivity contribution >= 4 is 0 Å². The van der Waals surface area contributed by atoms with Crippen LogP contribution >= 0.6 is 0 Å². The second-order valence-corrected chi connectivity index (χ2v) is 10.5. The van der Waals surface area contributed by atoms with Crippen molar-refractivity contribution in [2.45, 2.75) is 169 Å². The highest BCUT2D eigenvalue weighted by Crippen LogP contribution is 2.33. The smallest absolute Gasteiger partial charge is 0.0354 e. The van der Waals surface area contributed by atoms with Gasteiger partial charge in [-0.1, -0.05) is 150 Å². The summed E-state index contributed by atoms with van der Waals surface area (Å²) in [6.45, 7) is 12.1. The third-order valence-corrected chi connectivity index (χ3v) is 6.98. The van der Waals surface area contributed by atoms with Crippen LogP contribution in [0, 0.1) is 11.3 Å². The Morgan fingerprint density at radius 3 is 1.36 bits per heavy atom. The molecule has 0 rings (SSSR count). The molecule has 0 radical (unpaired) electrons. The van der Waals surface area contributed by atoms with Gasteiger partial charge in [-0.05, 0) is 30.6 Å². The second kappa shape index (κ2) is 20.3. The first-order valence-corrected chi connectivity index (χ1v) is 13.6. The molecular formula is C28H58. The average molecular weight is 395 g/mol. The zero-order valence-corrected chi connectivity index (χ0v) is 20.9. The van der Waals surface area contributed by atoms with E-state index >= 15 is 0 Å². The van der Waals surface area contributed by atoms with Gasteiger partial charge in [-0.15, -0.1) is 0 Å². The van der Waals surface area contributed by atoms with E-state index in [0.29, 0.717) is 5.41 Å². The predicted octanol–water partition coefficient (Wildman–Crippen LogP) is 10.9. The van der Waals surface area contributed by atoms with Crippen LogP contribution in [0.25, 0.3) is 0 Å². The van der Waals surface area contributed by atoms with Crippen LogP contribution in [0.15, 0.2) is 0 Å². The first-order chi connectivity index (χ1) is 13.6. The van der Waals surface area contributed by atoms with Gasteiger partial charge >= 0.3 is 0 Å². The SMILES string of the molecule is CCCCCCCCCCC(CC)CCC(C)(C)CCCCCCCCCC. The van der Waals surface area contributed by atoms with Crippen molar-refractivity contribution in [3.63, 3.8) is 0 Å². The molecule has 0 N–H and O–H groups in total. The molecule has 0 heteroatoms. The molecule has 0 aliphatic heterocycles. The highest BCUT2D eigenvalue weighted by Gasteiger charge is 2.19. The van der Waals surface area contributed by atoms with Crippen molar-refractivity contribution in [2.75, 3.05) is 0 Å². The van der Waals surface area contributed by atoms with Gasteiger partial charge in [0.2, 0.25) is 0 Å². The molecule has 0 aliphatic rings. The summed E-state index contributed by atoms with van der Waals surface area (Å²) >= 11 is 0. The molecule has 0 amide bonds. The third kappa shape index (κ3) is 19.3. The van der Waals surface area contributed by atoms with Gasteiger partial charge in [-0.3, -0.25) is 0 Å². The molecule has 0 aromatic rings. The summed E-state index contributed by atoms with van der Waals surface area (Å²) in [5.74, 6) is 0.984. The standard InChI is InChI=1S/C28H58/c1-6-9-11-13-15-17-19-21-23-27(8-3)24-26-28(4,5)25-22-20-18-16-14-12-10-7-2/h27H,6-26H2,1-5H3. The molecule has 0 aromatic carbocycles. The van der Waals surface area contributed by atoms with Crippen LogP contribution in [0.4, 0.5) is 0 Å². The van der Waals surface area contributed by atoms with E-state index in [1.165, 1.54) is 135 Å². The Hall–Kier alpha value is 0. The van der Waals surface area contributed by atoms with Gasteiger partial charge in [0.1, 0.15) is 0 Å². The van der Waals surface area contributed by atoms with Crippen LogP contribution in [-0.4, -0.2) is 0 Å². The Balaban J connectivity index is 3.65. The first kappa shape index (κ1) is 28.0. The maximum atomic E-state index is 2.53. The van der Waals surface area contributed by atoms with Crippen LogP contribution in [0.3, 0.4) is 0 Å². The minimum atomic E-state index is 0.564. The van der Waals surface area contributed by atoms with Crippen molar-refractivity contribution in [1.82, 2.24) is 0 Å². The van der Waals surface area contributed by atoms with Gasteiger partial charge in [0, 0.05) is 0 Å². The van der Waals surface area contributed by atoms with Crippen LogP contribution in [0.2, 0.25) is 0 Å². The van der Waals surface area contributed by atoms with Crippen LogP contribution in [0.5, 0.6) is 0 Å². The fourth-order valence-electron chi connectivity index (χ4n) is 4.58. The summed E-state index contributed by atoms with van der Waals surface area (Å²) in [6.07, 6.45) is 30.5. The molecule has 1 unspecified atom stereocenters. The molecular weight excluding hydrogens is 336 g/mol. The van der Waals surface area contributed by atoms with Crippen molar-refractivity contribution in [2.24, 2.45) is 11.3 Å². The Kier molecular flexibility index (Phi) is 20.3. The zero-order valence-electron chi connectivity index (χ0n) is 20.9. The van der Waals surface area contributed by atoms with E-state index in [1.54, 1.807) is 0 Å². The molecule has 0 nitrogen and oxygen atoms in total. The van der Waals surface area contributed by atoms with E-state index in [2.05, 4.69) is 34.6 Å². The molecule has 170 valence electrons. The van der Waals surface area contributed by atoms with Crippen LogP contribution in [0.1, 0.15) is 169 Å². The monoisotopic (exact) mass is 394 g/mol. The Labute approximate surface area is 181 Å². The lowest BCUT2D eigenvalue weighted by Crippen LogP contribution is -2.13. The number of hydrogen-bond donors (Lipinski definition) is 0. The summed E-state index contributed by atoms with van der Waals surface area (Å²) in [7, 11) is 0. The van der Waals surface area contributed by atoms with Crippen molar-refractivity contribution in [3.8, 4) is 0 Å². The van der Waals surface area contributed by atoms with E-state index in [-0.39, 0.29) is 0 Å². The quantitative estimate of drug-likeness (QED) is 0.160. The minimum Gasteiger partial charge on any atom is -0.0654 e. The van der Waals surface area contributed by atoms with Crippen molar-refractivity contribution in [1.29, 1.82) is 0 Å². The molecule has 0 bridgehead atoms. The summed E-state index contributed by atoms with van der Waals surface area (Å²) in [4.78, 5) is 0. The maximum absolute atomic E-state index is 2.53. The summed E-state index contributed by atoms with van der Waals surface area (Å²) in [5, 5.41) is 0. The second-order valence-electron chi connectivity index (χ2n) is 10.5. The Morgan fingerprint density at radius 1 is 0.464 bits per heavy atom.